The molecule has 0 spiro atoms. The highest BCUT2D eigenvalue weighted by Crippen LogP contribution is 2.44. The molecule has 1 heterocycles. The summed E-state index contributed by atoms with van der Waals surface area (Å²) in [7, 11) is 0. The SMILES string of the molecule is O=C(NCCC=Cc1ccc([N+](=O)[O-])s1)OCC1c2ccccc2-c2ccccc21. The summed E-state index contributed by atoms with van der Waals surface area (Å²) in [6.07, 6.45) is 3.85. The zero-order chi connectivity index (χ0) is 20.9. The van der Waals surface area contributed by atoms with Crippen molar-refractivity contribution in [1.29, 1.82) is 0 Å². The number of benzene rings is 2. The third-order valence-electron chi connectivity index (χ3n) is 5.00. The second-order valence-corrected chi connectivity index (χ2v) is 7.97. The standard InChI is InChI=1S/C23H20N2O4S/c26-23(24-14-6-5-7-16-12-13-22(30-16)25(27)28)29-15-21-19-10-3-1-8-17(19)18-9-2-4-11-20(18)21/h1-5,7-13,21H,6,14-15H2,(H,24,26). The van der Waals surface area contributed by atoms with Gasteiger partial charge >= 0.3 is 11.1 Å². The predicted molar refractivity (Wildman–Crippen MR) is 118 cm³/mol. The van der Waals surface area contributed by atoms with Crippen LogP contribution in [0, 0.1) is 10.1 Å². The van der Waals surface area contributed by atoms with Gasteiger partial charge in [0.05, 0.1) is 4.92 Å². The molecule has 30 heavy (non-hydrogen) atoms. The largest absolute Gasteiger partial charge is 0.449 e. The monoisotopic (exact) mass is 420 g/mol. The van der Waals surface area contributed by atoms with Crippen LogP contribution in [0.25, 0.3) is 17.2 Å². The van der Waals surface area contributed by atoms with Crippen LogP contribution in [0.3, 0.4) is 0 Å². The molecule has 0 unspecified atom stereocenters. The Morgan fingerprint density at radius 2 is 1.73 bits per heavy atom. The Labute approximate surface area is 178 Å². The van der Waals surface area contributed by atoms with Gasteiger partial charge in [-0.15, -0.1) is 0 Å². The summed E-state index contributed by atoms with van der Waals surface area (Å²) in [6.45, 7) is 0.717. The van der Waals surface area contributed by atoms with Crippen LogP contribution in [0.2, 0.25) is 0 Å². The van der Waals surface area contributed by atoms with Crippen LogP contribution in [0.4, 0.5) is 9.80 Å². The highest BCUT2D eigenvalue weighted by Gasteiger charge is 2.28. The summed E-state index contributed by atoms with van der Waals surface area (Å²) >= 11 is 1.12. The van der Waals surface area contributed by atoms with Gasteiger partial charge in [0.1, 0.15) is 6.61 Å². The highest BCUT2D eigenvalue weighted by atomic mass is 32.1. The topological polar surface area (TPSA) is 81.5 Å². The van der Waals surface area contributed by atoms with E-state index in [1.54, 1.807) is 6.07 Å². The lowest BCUT2D eigenvalue weighted by molar-refractivity contribution is -0.380. The number of carbonyl (C=O) groups excluding carboxylic acids is 1. The minimum atomic E-state index is -0.447. The first kappa shape index (κ1) is 19.8. The quantitative estimate of drug-likeness (QED) is 0.306. The van der Waals surface area contributed by atoms with E-state index in [0.29, 0.717) is 13.0 Å². The van der Waals surface area contributed by atoms with Gasteiger partial charge in [0.25, 0.3) is 0 Å². The number of fused-ring (bicyclic) bond motifs is 3. The van der Waals surface area contributed by atoms with Crippen molar-refractivity contribution in [3.63, 3.8) is 0 Å². The molecular weight excluding hydrogens is 400 g/mol. The molecule has 0 saturated carbocycles. The van der Waals surface area contributed by atoms with Crippen molar-refractivity contribution in [3.8, 4) is 11.1 Å². The van der Waals surface area contributed by atoms with E-state index in [-0.39, 0.29) is 17.5 Å². The van der Waals surface area contributed by atoms with Gasteiger partial charge in [-0.1, -0.05) is 65.9 Å². The molecule has 152 valence electrons. The van der Waals surface area contributed by atoms with Gasteiger partial charge in [0, 0.05) is 23.4 Å². The number of alkyl carbamates (subject to hydrolysis) is 1. The van der Waals surface area contributed by atoms with E-state index in [9.17, 15) is 14.9 Å². The maximum absolute atomic E-state index is 12.1. The summed E-state index contributed by atoms with van der Waals surface area (Å²) in [4.78, 5) is 23.2. The maximum atomic E-state index is 12.1. The molecule has 1 N–H and O–H groups in total. The summed E-state index contributed by atoms with van der Waals surface area (Å²) in [5.41, 5.74) is 4.75. The fourth-order valence-electron chi connectivity index (χ4n) is 3.64. The molecule has 7 heteroatoms. The summed E-state index contributed by atoms with van der Waals surface area (Å²) in [6, 6.07) is 19.6. The summed E-state index contributed by atoms with van der Waals surface area (Å²) < 4.78 is 5.49. The third kappa shape index (κ3) is 4.26. The van der Waals surface area contributed by atoms with E-state index in [2.05, 4.69) is 29.6 Å². The molecule has 0 radical (unpaired) electrons. The Hall–Kier alpha value is -3.45. The van der Waals surface area contributed by atoms with E-state index in [1.807, 2.05) is 36.4 Å². The Morgan fingerprint density at radius 1 is 1.07 bits per heavy atom. The van der Waals surface area contributed by atoms with Gasteiger partial charge < -0.3 is 10.1 Å². The van der Waals surface area contributed by atoms with Crippen molar-refractivity contribution in [2.24, 2.45) is 0 Å². The van der Waals surface area contributed by atoms with Gasteiger partial charge in [-0.2, -0.15) is 0 Å². The molecule has 1 aliphatic rings. The molecule has 2 aromatic carbocycles. The first-order chi connectivity index (χ1) is 14.6. The molecule has 4 rings (SSSR count). The number of nitrogens with zero attached hydrogens (tertiary/aromatic N) is 1. The number of carbonyl (C=O) groups is 1. The average Bonchev–Trinajstić information content (AvgIpc) is 3.35. The van der Waals surface area contributed by atoms with Gasteiger partial charge in [-0.3, -0.25) is 10.1 Å². The van der Waals surface area contributed by atoms with E-state index < -0.39 is 11.0 Å². The van der Waals surface area contributed by atoms with Crippen LogP contribution in [0.15, 0.2) is 66.7 Å². The lowest BCUT2D eigenvalue weighted by atomic mass is 9.98. The van der Waals surface area contributed by atoms with Crippen LogP contribution in [0.5, 0.6) is 0 Å². The van der Waals surface area contributed by atoms with Crippen molar-refractivity contribution in [3.05, 3.63) is 92.9 Å². The molecule has 1 aliphatic carbocycles. The Kier molecular flexibility index (Phi) is 5.90. The fourth-order valence-corrected chi connectivity index (χ4v) is 4.39. The average molecular weight is 420 g/mol. The number of ether oxygens (including phenoxy) is 1. The minimum Gasteiger partial charge on any atom is -0.449 e. The number of thiophene rings is 1. The van der Waals surface area contributed by atoms with E-state index in [4.69, 9.17) is 4.74 Å². The zero-order valence-electron chi connectivity index (χ0n) is 16.1. The molecule has 6 nitrogen and oxygen atoms in total. The highest BCUT2D eigenvalue weighted by molar-refractivity contribution is 7.16. The minimum absolute atomic E-state index is 0.0395. The van der Waals surface area contributed by atoms with Crippen molar-refractivity contribution >= 4 is 28.5 Å². The third-order valence-corrected chi connectivity index (χ3v) is 6.00. The molecule has 0 bridgehead atoms. The van der Waals surface area contributed by atoms with Crippen LogP contribution < -0.4 is 5.32 Å². The predicted octanol–water partition coefficient (Wildman–Crippen LogP) is 5.60. The van der Waals surface area contributed by atoms with Gasteiger partial charge in [-0.05, 0) is 40.8 Å². The molecule has 3 aromatic rings. The number of nitrogens with one attached hydrogen (secondary N) is 1. The van der Waals surface area contributed by atoms with E-state index >= 15 is 0 Å². The number of rotatable bonds is 7. The van der Waals surface area contributed by atoms with Crippen LogP contribution in [0.1, 0.15) is 28.3 Å². The van der Waals surface area contributed by atoms with Crippen LogP contribution >= 0.6 is 11.3 Å². The van der Waals surface area contributed by atoms with Crippen LogP contribution in [-0.4, -0.2) is 24.2 Å². The van der Waals surface area contributed by atoms with E-state index in [1.165, 1.54) is 28.3 Å². The first-order valence-electron chi connectivity index (χ1n) is 9.63. The van der Waals surface area contributed by atoms with E-state index in [0.717, 1.165) is 16.2 Å². The zero-order valence-corrected chi connectivity index (χ0v) is 16.9. The van der Waals surface area contributed by atoms with Crippen molar-refractivity contribution < 1.29 is 14.5 Å². The summed E-state index contributed by atoms with van der Waals surface area (Å²) in [5.74, 6) is 0.0395. The van der Waals surface area contributed by atoms with Gasteiger partial charge in [-0.25, -0.2) is 4.79 Å². The Bertz CT molecular complexity index is 1060. The normalized spacial score (nSPS) is 12.5. The second kappa shape index (κ2) is 8.92. The summed E-state index contributed by atoms with van der Waals surface area (Å²) in [5, 5.41) is 13.6. The van der Waals surface area contributed by atoms with Crippen molar-refractivity contribution in [1.82, 2.24) is 5.32 Å². The van der Waals surface area contributed by atoms with Gasteiger partial charge in [0.15, 0.2) is 0 Å². The number of amides is 1. The molecule has 0 aliphatic heterocycles. The smallest absolute Gasteiger partial charge is 0.407 e. The van der Waals surface area contributed by atoms with Gasteiger partial charge in [0.2, 0.25) is 0 Å². The second-order valence-electron chi connectivity index (χ2n) is 6.88. The number of hydrogen-bond acceptors (Lipinski definition) is 5. The Morgan fingerprint density at radius 3 is 2.37 bits per heavy atom. The maximum Gasteiger partial charge on any atom is 0.407 e. The number of nitro groups is 1. The molecule has 0 fully saturated rings. The van der Waals surface area contributed by atoms with Crippen molar-refractivity contribution in [2.45, 2.75) is 12.3 Å². The first-order valence-corrected chi connectivity index (χ1v) is 10.4. The molecule has 0 atom stereocenters. The lowest BCUT2D eigenvalue weighted by Gasteiger charge is -2.14. The Balaban J connectivity index is 1.26. The lowest BCUT2D eigenvalue weighted by Crippen LogP contribution is -2.26. The molecule has 1 aromatic heterocycles. The molecule has 0 saturated heterocycles. The van der Waals surface area contributed by atoms with Crippen molar-refractivity contribution in [2.75, 3.05) is 13.2 Å². The fraction of sp³-hybridized carbons (Fsp3) is 0.174. The van der Waals surface area contributed by atoms with Crippen LogP contribution in [-0.2, 0) is 4.74 Å². The number of hydrogen-bond donors (Lipinski definition) is 1. The molecule has 1 amide bonds. The molecular formula is C23H20N2O4S.